The van der Waals surface area contributed by atoms with Gasteiger partial charge in [0.15, 0.2) is 0 Å². The molecule has 0 radical (unpaired) electrons. The van der Waals surface area contributed by atoms with Crippen molar-refractivity contribution < 1.29 is 9.59 Å². The van der Waals surface area contributed by atoms with E-state index in [9.17, 15) is 9.59 Å². The van der Waals surface area contributed by atoms with Gasteiger partial charge in [0.25, 0.3) is 5.91 Å². The lowest BCUT2D eigenvalue weighted by atomic mass is 10.1. The largest absolute Gasteiger partial charge is 0.273 e. The Kier molecular flexibility index (Phi) is 4.23. The van der Waals surface area contributed by atoms with Gasteiger partial charge in [-0.15, -0.1) is 0 Å². The first-order valence-corrected chi connectivity index (χ1v) is 5.79. The van der Waals surface area contributed by atoms with Crippen molar-refractivity contribution in [2.45, 2.75) is 6.42 Å². The zero-order valence-corrected chi connectivity index (χ0v) is 10.2. The Labute approximate surface area is 110 Å². The first-order valence-electron chi connectivity index (χ1n) is 5.79. The van der Waals surface area contributed by atoms with Crippen LogP contribution in [0.3, 0.4) is 0 Å². The van der Waals surface area contributed by atoms with Crippen molar-refractivity contribution in [3.05, 3.63) is 66.0 Å². The Balaban J connectivity index is 1.83. The van der Waals surface area contributed by atoms with Gasteiger partial charge in [-0.25, -0.2) is 0 Å². The van der Waals surface area contributed by atoms with Crippen LogP contribution < -0.4 is 10.9 Å². The maximum atomic E-state index is 11.6. The molecule has 19 heavy (non-hydrogen) atoms. The van der Waals surface area contributed by atoms with E-state index in [4.69, 9.17) is 0 Å². The molecule has 2 rings (SSSR count). The number of hydrogen-bond donors (Lipinski definition) is 2. The molecule has 1 heterocycles. The van der Waals surface area contributed by atoms with Gasteiger partial charge < -0.3 is 0 Å². The van der Waals surface area contributed by atoms with Gasteiger partial charge in [-0.2, -0.15) is 0 Å². The Morgan fingerprint density at radius 2 is 1.63 bits per heavy atom. The van der Waals surface area contributed by atoms with Crippen LogP contribution in [0.5, 0.6) is 0 Å². The first-order chi connectivity index (χ1) is 9.25. The molecule has 5 heteroatoms. The minimum absolute atomic E-state index is 0.220. The van der Waals surface area contributed by atoms with Crippen LogP contribution in [0, 0.1) is 0 Å². The third-order valence-corrected chi connectivity index (χ3v) is 2.47. The molecule has 0 atom stereocenters. The van der Waals surface area contributed by atoms with E-state index >= 15 is 0 Å². The van der Waals surface area contributed by atoms with Gasteiger partial charge in [-0.1, -0.05) is 30.3 Å². The zero-order chi connectivity index (χ0) is 13.5. The van der Waals surface area contributed by atoms with E-state index in [2.05, 4.69) is 15.8 Å². The van der Waals surface area contributed by atoms with Gasteiger partial charge in [0.05, 0.1) is 6.42 Å². The first kappa shape index (κ1) is 12.8. The molecule has 96 valence electrons. The summed E-state index contributed by atoms with van der Waals surface area (Å²) in [5.41, 5.74) is 6.05. The second-order valence-electron chi connectivity index (χ2n) is 3.90. The normalized spacial score (nSPS) is 9.68. The average molecular weight is 255 g/mol. The van der Waals surface area contributed by atoms with Crippen LogP contribution in [0.1, 0.15) is 15.9 Å². The second kappa shape index (κ2) is 6.30. The summed E-state index contributed by atoms with van der Waals surface area (Å²) in [6.45, 7) is 0. The molecule has 1 aromatic heterocycles. The monoisotopic (exact) mass is 255 g/mol. The molecule has 2 N–H and O–H groups in total. The molecule has 0 aliphatic rings. The van der Waals surface area contributed by atoms with E-state index in [-0.39, 0.29) is 18.2 Å². The van der Waals surface area contributed by atoms with Gasteiger partial charge in [0.1, 0.15) is 0 Å². The van der Waals surface area contributed by atoms with Crippen molar-refractivity contribution in [3.63, 3.8) is 0 Å². The van der Waals surface area contributed by atoms with E-state index < -0.39 is 0 Å². The minimum atomic E-state index is -0.371. The number of carbonyl (C=O) groups excluding carboxylic acids is 2. The van der Waals surface area contributed by atoms with Crippen molar-refractivity contribution in [3.8, 4) is 0 Å². The van der Waals surface area contributed by atoms with Gasteiger partial charge >= 0.3 is 0 Å². The molecule has 2 amide bonds. The zero-order valence-electron chi connectivity index (χ0n) is 10.2. The molecule has 0 saturated heterocycles. The number of pyridine rings is 1. The van der Waals surface area contributed by atoms with Gasteiger partial charge in [-0.3, -0.25) is 25.4 Å². The maximum Gasteiger partial charge on any atom is 0.269 e. The smallest absolute Gasteiger partial charge is 0.269 e. The van der Waals surface area contributed by atoms with Crippen molar-refractivity contribution in [2.24, 2.45) is 0 Å². The summed E-state index contributed by atoms with van der Waals surface area (Å²) in [7, 11) is 0. The number of hydrazine groups is 1. The van der Waals surface area contributed by atoms with E-state index in [1.54, 1.807) is 12.1 Å². The number of nitrogens with one attached hydrogen (secondary N) is 2. The lowest BCUT2D eigenvalue weighted by Gasteiger charge is -2.07. The fourth-order valence-electron chi connectivity index (χ4n) is 1.53. The second-order valence-corrected chi connectivity index (χ2v) is 3.90. The Bertz CT molecular complexity index is 555. The van der Waals surface area contributed by atoms with Gasteiger partial charge in [-0.05, 0) is 17.7 Å². The lowest BCUT2D eigenvalue weighted by molar-refractivity contribution is -0.121. The van der Waals surface area contributed by atoms with Crippen LogP contribution in [0.15, 0.2) is 54.9 Å². The maximum absolute atomic E-state index is 11.6. The number of nitrogens with zero attached hydrogens (tertiary/aromatic N) is 1. The summed E-state index contributed by atoms with van der Waals surface area (Å²) in [6, 6.07) is 12.4. The van der Waals surface area contributed by atoms with Gasteiger partial charge in [0.2, 0.25) is 5.91 Å². The SMILES string of the molecule is O=C(Cc1ccccc1)NNC(=O)c1ccncc1. The Morgan fingerprint density at radius 3 is 2.32 bits per heavy atom. The van der Waals surface area contributed by atoms with Crippen LogP contribution in [0.4, 0.5) is 0 Å². The van der Waals surface area contributed by atoms with Crippen LogP contribution in [-0.2, 0) is 11.2 Å². The van der Waals surface area contributed by atoms with E-state index in [0.717, 1.165) is 5.56 Å². The predicted octanol–water partition coefficient (Wildman–Crippen LogP) is 1.09. The van der Waals surface area contributed by atoms with E-state index in [0.29, 0.717) is 5.56 Å². The molecule has 0 bridgehead atoms. The topological polar surface area (TPSA) is 71.1 Å². The molecule has 5 nitrogen and oxygen atoms in total. The highest BCUT2D eigenvalue weighted by Gasteiger charge is 2.07. The lowest BCUT2D eigenvalue weighted by Crippen LogP contribution is -2.42. The van der Waals surface area contributed by atoms with Gasteiger partial charge in [0, 0.05) is 18.0 Å². The van der Waals surface area contributed by atoms with Crippen molar-refractivity contribution in [1.82, 2.24) is 15.8 Å². The van der Waals surface area contributed by atoms with E-state index in [1.807, 2.05) is 30.3 Å². The summed E-state index contributed by atoms with van der Waals surface area (Å²) in [4.78, 5) is 27.1. The molecule has 1 aromatic carbocycles. The highest BCUT2D eigenvalue weighted by atomic mass is 16.2. The third kappa shape index (κ3) is 3.92. The minimum Gasteiger partial charge on any atom is -0.273 e. The number of aromatic nitrogens is 1. The molecular weight excluding hydrogens is 242 g/mol. The summed E-state index contributed by atoms with van der Waals surface area (Å²) < 4.78 is 0. The third-order valence-electron chi connectivity index (χ3n) is 2.47. The molecule has 0 saturated carbocycles. The van der Waals surface area contributed by atoms with Crippen molar-refractivity contribution in [1.29, 1.82) is 0 Å². The molecule has 0 unspecified atom stereocenters. The fraction of sp³-hybridized carbons (Fsp3) is 0.0714. The molecule has 2 aromatic rings. The van der Waals surface area contributed by atoms with Crippen LogP contribution >= 0.6 is 0 Å². The van der Waals surface area contributed by atoms with Crippen LogP contribution in [-0.4, -0.2) is 16.8 Å². The van der Waals surface area contributed by atoms with Crippen LogP contribution in [0.2, 0.25) is 0 Å². The summed E-state index contributed by atoms with van der Waals surface area (Å²) in [5.74, 6) is -0.641. The predicted molar refractivity (Wildman–Crippen MR) is 70.0 cm³/mol. The number of benzene rings is 1. The number of amides is 2. The number of rotatable bonds is 3. The molecule has 0 fully saturated rings. The standard InChI is InChI=1S/C14H13N3O2/c18-13(10-11-4-2-1-3-5-11)16-17-14(19)12-6-8-15-9-7-12/h1-9H,10H2,(H,16,18)(H,17,19). The van der Waals surface area contributed by atoms with Crippen molar-refractivity contribution >= 4 is 11.8 Å². The average Bonchev–Trinajstić information content (AvgIpc) is 2.47. The molecular formula is C14H13N3O2. The van der Waals surface area contributed by atoms with Crippen LogP contribution in [0.25, 0.3) is 0 Å². The van der Waals surface area contributed by atoms with E-state index in [1.165, 1.54) is 12.4 Å². The molecule has 0 aliphatic heterocycles. The summed E-state index contributed by atoms with van der Waals surface area (Å²) in [5, 5.41) is 0. The number of carbonyl (C=O) groups is 2. The molecule has 0 aliphatic carbocycles. The molecule has 0 spiro atoms. The highest BCUT2D eigenvalue weighted by molar-refractivity contribution is 5.95. The fourth-order valence-corrected chi connectivity index (χ4v) is 1.53. The Hall–Kier alpha value is -2.69. The summed E-state index contributed by atoms with van der Waals surface area (Å²) >= 11 is 0. The summed E-state index contributed by atoms with van der Waals surface area (Å²) in [6.07, 6.45) is 3.25. The highest BCUT2D eigenvalue weighted by Crippen LogP contribution is 1.99. The quantitative estimate of drug-likeness (QED) is 0.806. The Morgan fingerprint density at radius 1 is 0.947 bits per heavy atom. The van der Waals surface area contributed by atoms with Crippen molar-refractivity contribution in [2.75, 3.05) is 0 Å². The number of hydrogen-bond acceptors (Lipinski definition) is 3.